The van der Waals surface area contributed by atoms with Gasteiger partial charge in [0.05, 0.1) is 6.54 Å². The van der Waals surface area contributed by atoms with E-state index in [1.54, 1.807) is 0 Å². The molecule has 2 saturated heterocycles. The smallest absolute Gasteiger partial charge is 0.237 e. The molecule has 126 valence electrons. The zero-order valence-corrected chi connectivity index (χ0v) is 14.9. The Morgan fingerprint density at radius 2 is 2.04 bits per heavy atom. The van der Waals surface area contributed by atoms with Gasteiger partial charge in [0, 0.05) is 36.6 Å². The molecule has 0 N–H and O–H groups in total. The zero-order chi connectivity index (χ0) is 15.8. The lowest BCUT2D eigenvalue weighted by molar-refractivity contribution is -0.134. The van der Waals surface area contributed by atoms with Gasteiger partial charge in [-0.2, -0.15) is 0 Å². The topological polar surface area (TPSA) is 26.8 Å². The third kappa shape index (κ3) is 3.06. The molecule has 0 saturated carbocycles. The summed E-state index contributed by atoms with van der Waals surface area (Å²) >= 11 is 1.86. The number of fused-ring (bicyclic) bond motifs is 1. The molecule has 3 aliphatic heterocycles. The summed E-state index contributed by atoms with van der Waals surface area (Å²) in [4.78, 5) is 21.4. The molecule has 2 unspecified atom stereocenters. The maximum absolute atomic E-state index is 12.9. The van der Waals surface area contributed by atoms with Crippen molar-refractivity contribution in [2.24, 2.45) is 0 Å². The van der Waals surface area contributed by atoms with Gasteiger partial charge >= 0.3 is 0 Å². The van der Waals surface area contributed by atoms with Gasteiger partial charge < -0.3 is 9.80 Å². The molecule has 4 rings (SSSR count). The first-order chi connectivity index (χ1) is 11.2. The van der Waals surface area contributed by atoms with Crippen LogP contribution < -0.4 is 0 Å². The summed E-state index contributed by atoms with van der Waals surface area (Å²) in [7, 11) is 2.22. The molecule has 2 atom stereocenters. The average molecular weight is 334 g/mol. The number of hydrogen-bond donors (Lipinski definition) is 0. The maximum atomic E-state index is 12.9. The van der Waals surface area contributed by atoms with Crippen molar-refractivity contribution >= 4 is 17.2 Å². The van der Waals surface area contributed by atoms with Crippen LogP contribution in [0.15, 0.2) is 11.4 Å². The Morgan fingerprint density at radius 3 is 2.87 bits per heavy atom. The Labute approximate surface area is 143 Å². The third-order valence-electron chi connectivity index (χ3n) is 5.89. The fraction of sp³-hybridized carbons (Fsp3) is 0.722. The van der Waals surface area contributed by atoms with Crippen molar-refractivity contribution in [1.82, 2.24) is 14.7 Å². The standard InChI is InChI=1S/C18H27N3OS/c1-19-8-2-4-15(19)16-5-3-9-21(16)18(22)13-20-10-6-17-14(12-20)7-11-23-17/h7,11,15-16H,2-6,8-10,12-13H2,1H3. The van der Waals surface area contributed by atoms with E-state index in [2.05, 4.69) is 33.2 Å². The number of carbonyl (C=O) groups is 1. The number of hydrogen-bond acceptors (Lipinski definition) is 4. The summed E-state index contributed by atoms with van der Waals surface area (Å²) in [5, 5.41) is 2.18. The summed E-state index contributed by atoms with van der Waals surface area (Å²) < 4.78 is 0. The Bertz CT molecular complexity index is 572. The molecule has 0 radical (unpaired) electrons. The number of thiophene rings is 1. The quantitative estimate of drug-likeness (QED) is 0.848. The van der Waals surface area contributed by atoms with E-state index in [1.165, 1.54) is 42.7 Å². The summed E-state index contributed by atoms with van der Waals surface area (Å²) in [5.74, 6) is 0.353. The highest BCUT2D eigenvalue weighted by atomic mass is 32.1. The molecule has 4 heterocycles. The highest BCUT2D eigenvalue weighted by Gasteiger charge is 2.38. The molecule has 1 aromatic heterocycles. The zero-order valence-electron chi connectivity index (χ0n) is 14.0. The van der Waals surface area contributed by atoms with Gasteiger partial charge in [-0.1, -0.05) is 0 Å². The van der Waals surface area contributed by atoms with Gasteiger partial charge in [-0.3, -0.25) is 9.69 Å². The number of likely N-dealkylation sites (tertiary alicyclic amines) is 2. The molecular formula is C18H27N3OS. The van der Waals surface area contributed by atoms with Crippen molar-refractivity contribution in [3.8, 4) is 0 Å². The first kappa shape index (κ1) is 15.6. The highest BCUT2D eigenvalue weighted by molar-refractivity contribution is 7.10. The number of rotatable bonds is 3. The molecule has 1 amide bonds. The van der Waals surface area contributed by atoms with Gasteiger partial charge in [0.25, 0.3) is 0 Å². The van der Waals surface area contributed by atoms with Gasteiger partial charge in [-0.25, -0.2) is 0 Å². The van der Waals surface area contributed by atoms with Gasteiger partial charge in [-0.05, 0) is 62.7 Å². The summed E-state index contributed by atoms with van der Waals surface area (Å²) in [5.41, 5.74) is 1.43. The molecular weight excluding hydrogens is 306 g/mol. The van der Waals surface area contributed by atoms with Crippen LogP contribution in [0.3, 0.4) is 0 Å². The van der Waals surface area contributed by atoms with E-state index in [4.69, 9.17) is 0 Å². The first-order valence-corrected chi connectivity index (χ1v) is 9.87. The summed E-state index contributed by atoms with van der Waals surface area (Å²) in [6, 6.07) is 3.27. The number of amides is 1. The average Bonchev–Trinajstić information content (AvgIpc) is 3.25. The van der Waals surface area contributed by atoms with Crippen molar-refractivity contribution in [1.29, 1.82) is 0 Å². The second-order valence-electron chi connectivity index (χ2n) is 7.32. The predicted molar refractivity (Wildman–Crippen MR) is 93.7 cm³/mol. The van der Waals surface area contributed by atoms with Crippen LogP contribution in [0.2, 0.25) is 0 Å². The van der Waals surface area contributed by atoms with E-state index in [1.807, 2.05) is 11.3 Å². The highest BCUT2D eigenvalue weighted by Crippen LogP contribution is 2.30. The molecule has 23 heavy (non-hydrogen) atoms. The van der Waals surface area contributed by atoms with Crippen LogP contribution in [0.1, 0.15) is 36.1 Å². The van der Waals surface area contributed by atoms with E-state index >= 15 is 0 Å². The molecule has 0 bridgehead atoms. The van der Waals surface area contributed by atoms with Crippen LogP contribution in [-0.4, -0.2) is 65.9 Å². The molecule has 2 fully saturated rings. The van der Waals surface area contributed by atoms with Crippen molar-refractivity contribution in [3.05, 3.63) is 21.9 Å². The predicted octanol–water partition coefficient (Wildman–Crippen LogP) is 2.19. The number of likely N-dealkylation sites (N-methyl/N-ethyl adjacent to an activating group) is 1. The lowest BCUT2D eigenvalue weighted by Crippen LogP contribution is -2.50. The van der Waals surface area contributed by atoms with Gasteiger partial charge in [0.2, 0.25) is 5.91 Å². The van der Waals surface area contributed by atoms with Crippen molar-refractivity contribution in [2.45, 2.75) is 50.7 Å². The lowest BCUT2D eigenvalue weighted by Gasteiger charge is -2.35. The molecule has 4 nitrogen and oxygen atoms in total. The minimum absolute atomic E-state index is 0.353. The number of carbonyl (C=O) groups excluding carboxylic acids is 1. The SMILES string of the molecule is CN1CCCC1C1CCCN1C(=O)CN1CCc2sccc2C1. The van der Waals surface area contributed by atoms with Crippen LogP contribution in [0.5, 0.6) is 0 Å². The Morgan fingerprint density at radius 1 is 1.22 bits per heavy atom. The molecule has 3 aliphatic rings. The van der Waals surface area contributed by atoms with Crippen LogP contribution in [0, 0.1) is 0 Å². The third-order valence-corrected chi connectivity index (χ3v) is 6.91. The Kier molecular flexibility index (Phi) is 4.43. The van der Waals surface area contributed by atoms with Crippen molar-refractivity contribution in [2.75, 3.05) is 33.2 Å². The van der Waals surface area contributed by atoms with Crippen LogP contribution in [0.25, 0.3) is 0 Å². The lowest BCUT2D eigenvalue weighted by atomic mass is 10.0. The van der Waals surface area contributed by atoms with Crippen LogP contribution in [-0.2, 0) is 17.8 Å². The van der Waals surface area contributed by atoms with E-state index in [0.717, 1.165) is 26.1 Å². The second-order valence-corrected chi connectivity index (χ2v) is 8.32. The monoisotopic (exact) mass is 333 g/mol. The minimum Gasteiger partial charge on any atom is -0.337 e. The summed E-state index contributed by atoms with van der Waals surface area (Å²) in [6.45, 7) is 4.73. The van der Waals surface area contributed by atoms with Gasteiger partial charge in [0.15, 0.2) is 0 Å². The van der Waals surface area contributed by atoms with Crippen LogP contribution >= 0.6 is 11.3 Å². The molecule has 5 heteroatoms. The Hall–Kier alpha value is -0.910. The first-order valence-electron chi connectivity index (χ1n) is 8.99. The summed E-state index contributed by atoms with van der Waals surface area (Å²) in [6.07, 6.45) is 6.01. The fourth-order valence-corrected chi connectivity index (χ4v) is 5.54. The van der Waals surface area contributed by atoms with E-state index in [0.29, 0.717) is 24.5 Å². The van der Waals surface area contributed by atoms with Gasteiger partial charge in [0.1, 0.15) is 0 Å². The minimum atomic E-state index is 0.353. The Balaban J connectivity index is 1.39. The largest absolute Gasteiger partial charge is 0.337 e. The van der Waals surface area contributed by atoms with Crippen molar-refractivity contribution < 1.29 is 4.79 Å². The maximum Gasteiger partial charge on any atom is 0.237 e. The van der Waals surface area contributed by atoms with E-state index in [-0.39, 0.29) is 0 Å². The van der Waals surface area contributed by atoms with Crippen molar-refractivity contribution in [3.63, 3.8) is 0 Å². The number of nitrogens with zero attached hydrogens (tertiary/aromatic N) is 3. The van der Waals surface area contributed by atoms with Gasteiger partial charge in [-0.15, -0.1) is 11.3 Å². The van der Waals surface area contributed by atoms with E-state index in [9.17, 15) is 4.79 Å². The van der Waals surface area contributed by atoms with E-state index < -0.39 is 0 Å². The fourth-order valence-electron chi connectivity index (χ4n) is 4.65. The second kappa shape index (κ2) is 6.54. The normalized spacial score (nSPS) is 29.2. The molecule has 0 aromatic carbocycles. The van der Waals surface area contributed by atoms with Crippen LogP contribution in [0.4, 0.5) is 0 Å². The molecule has 0 spiro atoms. The molecule has 1 aromatic rings. The molecule has 0 aliphatic carbocycles.